The molecule has 19 heavy (non-hydrogen) atoms. The monoisotopic (exact) mass is 259 g/mol. The number of fused-ring (bicyclic) bond motifs is 1. The molecule has 1 unspecified atom stereocenters. The van der Waals surface area contributed by atoms with Gasteiger partial charge in [-0.3, -0.25) is 4.68 Å². The van der Waals surface area contributed by atoms with E-state index in [-0.39, 0.29) is 0 Å². The largest absolute Gasteiger partial charge is 0.370 e. The summed E-state index contributed by atoms with van der Waals surface area (Å²) in [5, 5.41) is 5.67. The molecule has 5 nitrogen and oxygen atoms in total. The molecule has 1 aliphatic heterocycles. The number of hydrogen-bond donors (Lipinski definition) is 0. The van der Waals surface area contributed by atoms with E-state index in [2.05, 4.69) is 47.0 Å². The molecule has 0 aliphatic carbocycles. The molecule has 0 saturated carbocycles. The van der Waals surface area contributed by atoms with Gasteiger partial charge in [0.2, 0.25) is 0 Å². The molecule has 1 fully saturated rings. The number of aryl methyl sites for hydroxylation is 2. The van der Waals surface area contributed by atoms with Gasteiger partial charge in [-0.25, -0.2) is 4.98 Å². The van der Waals surface area contributed by atoms with Crippen LogP contribution in [0.3, 0.4) is 0 Å². The summed E-state index contributed by atoms with van der Waals surface area (Å²) in [5.74, 6) is 0. The van der Waals surface area contributed by atoms with E-state index in [0.29, 0.717) is 6.04 Å². The third kappa shape index (κ3) is 1.98. The van der Waals surface area contributed by atoms with Crippen LogP contribution in [0.2, 0.25) is 0 Å². The molecule has 5 heteroatoms. The smallest absolute Gasteiger partial charge is 0.159 e. The van der Waals surface area contributed by atoms with Gasteiger partial charge >= 0.3 is 0 Å². The van der Waals surface area contributed by atoms with Crippen LogP contribution in [0, 0.1) is 6.92 Å². The number of rotatable bonds is 2. The lowest BCUT2D eigenvalue weighted by molar-refractivity contribution is 0.409. The first-order chi connectivity index (χ1) is 9.08. The summed E-state index contributed by atoms with van der Waals surface area (Å²) in [6, 6.07) is 2.69. The SMILES string of the molecule is Cc1nn(C)c2nccc(N(C)C3CCN(C)C3)c12. The second-order valence-electron chi connectivity index (χ2n) is 5.55. The highest BCUT2D eigenvalue weighted by atomic mass is 15.3. The normalized spacial score (nSPS) is 20.3. The van der Waals surface area contributed by atoms with E-state index < -0.39 is 0 Å². The zero-order valence-corrected chi connectivity index (χ0v) is 12.1. The molecule has 3 rings (SSSR count). The van der Waals surface area contributed by atoms with Gasteiger partial charge in [-0.1, -0.05) is 0 Å². The van der Waals surface area contributed by atoms with Crippen molar-refractivity contribution < 1.29 is 0 Å². The van der Waals surface area contributed by atoms with Crippen LogP contribution in [-0.4, -0.2) is 52.9 Å². The van der Waals surface area contributed by atoms with Crippen molar-refractivity contribution in [2.24, 2.45) is 7.05 Å². The van der Waals surface area contributed by atoms with E-state index in [1.165, 1.54) is 24.0 Å². The zero-order valence-electron chi connectivity index (χ0n) is 12.1. The van der Waals surface area contributed by atoms with Crippen LogP contribution >= 0.6 is 0 Å². The average molecular weight is 259 g/mol. The van der Waals surface area contributed by atoms with Crippen LogP contribution in [0.25, 0.3) is 11.0 Å². The van der Waals surface area contributed by atoms with Crippen molar-refractivity contribution in [3.63, 3.8) is 0 Å². The Labute approximate surface area is 113 Å². The van der Waals surface area contributed by atoms with Gasteiger partial charge in [0.1, 0.15) is 0 Å². The lowest BCUT2D eigenvalue weighted by Crippen LogP contribution is -2.33. The Morgan fingerprint density at radius 3 is 2.84 bits per heavy atom. The van der Waals surface area contributed by atoms with Crippen molar-refractivity contribution in [2.75, 3.05) is 32.1 Å². The standard InChI is InChI=1S/C14H21N5/c1-10-13-12(5-7-15-14(13)19(4)16-10)18(3)11-6-8-17(2)9-11/h5,7,11H,6,8-9H2,1-4H3. The maximum atomic E-state index is 4.49. The van der Waals surface area contributed by atoms with Crippen LogP contribution in [-0.2, 0) is 7.05 Å². The second kappa shape index (κ2) is 4.49. The second-order valence-corrected chi connectivity index (χ2v) is 5.55. The van der Waals surface area contributed by atoms with Gasteiger partial charge in [0, 0.05) is 32.9 Å². The number of aromatic nitrogens is 3. The number of hydrogen-bond acceptors (Lipinski definition) is 4. The topological polar surface area (TPSA) is 37.2 Å². The molecule has 0 radical (unpaired) electrons. The quantitative estimate of drug-likeness (QED) is 0.817. The molecule has 1 atom stereocenters. The fourth-order valence-electron chi connectivity index (χ4n) is 3.07. The van der Waals surface area contributed by atoms with Crippen molar-refractivity contribution in [1.29, 1.82) is 0 Å². The van der Waals surface area contributed by atoms with Gasteiger partial charge in [-0.2, -0.15) is 5.10 Å². The van der Waals surface area contributed by atoms with E-state index in [4.69, 9.17) is 0 Å². The molecule has 0 spiro atoms. The Morgan fingerprint density at radius 1 is 1.37 bits per heavy atom. The predicted molar refractivity (Wildman–Crippen MR) is 77.6 cm³/mol. The number of likely N-dealkylation sites (N-methyl/N-ethyl adjacent to an activating group) is 2. The third-order valence-corrected chi connectivity index (χ3v) is 4.17. The van der Waals surface area contributed by atoms with E-state index in [9.17, 15) is 0 Å². The Balaban J connectivity index is 2.05. The van der Waals surface area contributed by atoms with Crippen molar-refractivity contribution in [3.8, 4) is 0 Å². The molecule has 0 N–H and O–H groups in total. The van der Waals surface area contributed by atoms with Crippen LogP contribution in [0.4, 0.5) is 5.69 Å². The summed E-state index contributed by atoms with van der Waals surface area (Å²) >= 11 is 0. The van der Waals surface area contributed by atoms with Gasteiger partial charge in [0.05, 0.1) is 16.8 Å². The minimum atomic E-state index is 0.579. The first kappa shape index (κ1) is 12.4. The first-order valence-electron chi connectivity index (χ1n) is 6.77. The summed E-state index contributed by atoms with van der Waals surface area (Å²) in [4.78, 5) is 9.23. The van der Waals surface area contributed by atoms with Gasteiger partial charge in [-0.15, -0.1) is 0 Å². The van der Waals surface area contributed by atoms with Gasteiger partial charge < -0.3 is 9.80 Å². The predicted octanol–water partition coefficient (Wildman–Crippen LogP) is 1.42. The Kier molecular flexibility index (Phi) is 2.93. The molecule has 1 aliphatic rings. The summed E-state index contributed by atoms with van der Waals surface area (Å²) in [6.45, 7) is 4.36. The third-order valence-electron chi connectivity index (χ3n) is 4.17. The first-order valence-corrected chi connectivity index (χ1v) is 6.77. The van der Waals surface area contributed by atoms with E-state index in [1.54, 1.807) is 0 Å². The molecular weight excluding hydrogens is 238 g/mol. The number of pyridine rings is 1. The number of likely N-dealkylation sites (tertiary alicyclic amines) is 1. The molecule has 3 heterocycles. The molecular formula is C14H21N5. The average Bonchev–Trinajstić information content (AvgIpc) is 2.94. The molecule has 2 aromatic rings. The van der Waals surface area contributed by atoms with Crippen molar-refractivity contribution in [3.05, 3.63) is 18.0 Å². The Morgan fingerprint density at radius 2 is 2.16 bits per heavy atom. The highest BCUT2D eigenvalue weighted by Gasteiger charge is 2.25. The summed E-state index contributed by atoms with van der Waals surface area (Å²) in [6.07, 6.45) is 3.10. The van der Waals surface area contributed by atoms with Crippen molar-refractivity contribution >= 4 is 16.7 Å². The van der Waals surface area contributed by atoms with Crippen molar-refractivity contribution in [1.82, 2.24) is 19.7 Å². The van der Waals surface area contributed by atoms with E-state index >= 15 is 0 Å². The fourth-order valence-corrected chi connectivity index (χ4v) is 3.07. The van der Waals surface area contributed by atoms with Crippen LogP contribution in [0.15, 0.2) is 12.3 Å². The minimum absolute atomic E-state index is 0.579. The maximum Gasteiger partial charge on any atom is 0.159 e. The van der Waals surface area contributed by atoms with Gasteiger partial charge in [-0.05, 0) is 33.0 Å². The highest BCUT2D eigenvalue weighted by molar-refractivity contribution is 5.91. The van der Waals surface area contributed by atoms with Crippen LogP contribution < -0.4 is 4.90 Å². The zero-order chi connectivity index (χ0) is 13.6. The highest BCUT2D eigenvalue weighted by Crippen LogP contribution is 2.29. The van der Waals surface area contributed by atoms with Gasteiger partial charge in [0.15, 0.2) is 5.65 Å². The van der Waals surface area contributed by atoms with Gasteiger partial charge in [0.25, 0.3) is 0 Å². The lowest BCUT2D eigenvalue weighted by atomic mass is 10.1. The lowest BCUT2D eigenvalue weighted by Gasteiger charge is -2.27. The van der Waals surface area contributed by atoms with E-state index in [1.807, 2.05) is 17.9 Å². The Hall–Kier alpha value is -1.62. The number of nitrogens with zero attached hydrogens (tertiary/aromatic N) is 5. The summed E-state index contributed by atoms with van der Waals surface area (Å²) in [7, 11) is 6.33. The molecule has 102 valence electrons. The molecule has 2 aromatic heterocycles. The van der Waals surface area contributed by atoms with E-state index in [0.717, 1.165) is 17.9 Å². The molecule has 0 aromatic carbocycles. The van der Waals surface area contributed by atoms with Crippen LogP contribution in [0.5, 0.6) is 0 Å². The van der Waals surface area contributed by atoms with Crippen LogP contribution in [0.1, 0.15) is 12.1 Å². The molecule has 1 saturated heterocycles. The molecule has 0 bridgehead atoms. The maximum absolute atomic E-state index is 4.49. The van der Waals surface area contributed by atoms with Crippen molar-refractivity contribution in [2.45, 2.75) is 19.4 Å². The summed E-state index contributed by atoms with van der Waals surface area (Å²) in [5.41, 5.74) is 3.27. The minimum Gasteiger partial charge on any atom is -0.370 e. The summed E-state index contributed by atoms with van der Waals surface area (Å²) < 4.78 is 1.86. The fraction of sp³-hybridized carbons (Fsp3) is 0.571. The Bertz CT molecular complexity index is 603. The number of anilines is 1. The molecule has 0 amide bonds.